The van der Waals surface area contributed by atoms with Gasteiger partial charge in [-0.15, -0.1) is 0 Å². The summed E-state index contributed by atoms with van der Waals surface area (Å²) in [7, 11) is 1.68. The first-order chi connectivity index (χ1) is 10.1. The quantitative estimate of drug-likeness (QED) is 0.472. The third-order valence-electron chi connectivity index (χ3n) is 3.28. The van der Waals surface area contributed by atoms with Crippen molar-refractivity contribution < 1.29 is 9.47 Å². The van der Waals surface area contributed by atoms with Crippen molar-refractivity contribution in [3.8, 4) is 22.8 Å². The molecule has 1 aliphatic rings. The van der Waals surface area contributed by atoms with Crippen molar-refractivity contribution in [3.05, 3.63) is 29.2 Å². The van der Waals surface area contributed by atoms with Crippen LogP contribution in [0.25, 0.3) is 11.3 Å². The van der Waals surface area contributed by atoms with Crippen molar-refractivity contribution >= 4 is 26.5 Å². The molecule has 4 nitrogen and oxygen atoms in total. The van der Waals surface area contributed by atoms with Crippen LogP contribution in [0.4, 0.5) is 0 Å². The van der Waals surface area contributed by atoms with E-state index >= 15 is 0 Å². The molecule has 0 saturated carbocycles. The van der Waals surface area contributed by atoms with E-state index in [9.17, 15) is 0 Å². The van der Waals surface area contributed by atoms with Crippen molar-refractivity contribution in [2.75, 3.05) is 12.9 Å². The van der Waals surface area contributed by atoms with E-state index in [1.165, 1.54) is 4.44 Å². The van der Waals surface area contributed by atoms with Gasteiger partial charge in [0.2, 0.25) is 0 Å². The first-order valence-electron chi connectivity index (χ1n) is 6.54. The molecule has 6 heteroatoms. The molecule has 0 atom stereocenters. The number of hydrogen-bond donors (Lipinski definition) is 0. The zero-order valence-corrected chi connectivity index (χ0v) is 14.7. The third-order valence-corrected chi connectivity index (χ3v) is 6.47. The molecule has 1 aromatic carbocycles. The van der Waals surface area contributed by atoms with Crippen molar-refractivity contribution in [1.82, 2.24) is 9.19 Å². The van der Waals surface area contributed by atoms with E-state index in [1.807, 2.05) is 18.2 Å². The summed E-state index contributed by atoms with van der Waals surface area (Å²) in [5.41, 5.74) is 1.59. The van der Waals surface area contributed by atoms with E-state index in [2.05, 4.69) is 29.6 Å². The Morgan fingerprint density at radius 1 is 1.48 bits per heavy atom. The molecule has 3 rings (SSSR count). The first-order valence-corrected chi connectivity index (χ1v) is 9.15. The van der Waals surface area contributed by atoms with Gasteiger partial charge in [0.1, 0.15) is 0 Å². The second-order valence-electron chi connectivity index (χ2n) is 5.16. The average molecular weight is 367 g/mol. The number of ether oxygens (including phenoxy) is 2. The summed E-state index contributed by atoms with van der Waals surface area (Å²) in [6, 6.07) is 4.04. The van der Waals surface area contributed by atoms with Crippen LogP contribution in [0.2, 0.25) is 0 Å². The summed E-state index contributed by atoms with van der Waals surface area (Å²) >= 11 is 1.71. The Bertz CT molecular complexity index is 697. The van der Waals surface area contributed by atoms with E-state index in [0.717, 1.165) is 33.4 Å². The fourth-order valence-electron chi connectivity index (χ4n) is 2.32. The molecule has 2 aromatic rings. The molecule has 110 valence electrons. The number of nitrogens with zero attached hydrogens (tertiary/aromatic N) is 2. The van der Waals surface area contributed by atoms with Crippen LogP contribution in [0.3, 0.4) is 0 Å². The molecule has 0 spiro atoms. The zero-order valence-electron chi connectivity index (χ0n) is 12.2. The van der Waals surface area contributed by atoms with Crippen molar-refractivity contribution in [3.63, 3.8) is 0 Å². The second kappa shape index (κ2) is 5.52. The Kier molecular flexibility index (Phi) is 3.86. The predicted octanol–water partition coefficient (Wildman–Crippen LogP) is 3.11. The summed E-state index contributed by atoms with van der Waals surface area (Å²) in [6.45, 7) is 7.91. The molecule has 1 aliphatic heterocycles. The van der Waals surface area contributed by atoms with Gasteiger partial charge in [-0.25, -0.2) is 0 Å². The van der Waals surface area contributed by atoms with Gasteiger partial charge in [-0.05, 0) is 0 Å². The number of rotatable bonds is 4. The van der Waals surface area contributed by atoms with Gasteiger partial charge < -0.3 is 0 Å². The topological polar surface area (TPSA) is 44.2 Å². The van der Waals surface area contributed by atoms with Crippen LogP contribution in [-0.2, 0) is 5.60 Å². The molecular weight excluding hydrogens is 351 g/mol. The molecule has 2 heterocycles. The molecule has 0 radical (unpaired) electrons. The van der Waals surface area contributed by atoms with Crippen LogP contribution in [0.5, 0.6) is 11.5 Å². The normalized spacial score (nSPS) is 14.8. The molecule has 0 saturated heterocycles. The monoisotopic (exact) mass is 368 g/mol. The Balaban J connectivity index is 2.14. The van der Waals surface area contributed by atoms with Gasteiger partial charge in [0.05, 0.1) is 0 Å². The number of hydrogen-bond acceptors (Lipinski definition) is 5. The summed E-state index contributed by atoms with van der Waals surface area (Å²) in [5, 5.41) is 4.34. The number of benzene rings is 1. The van der Waals surface area contributed by atoms with Crippen LogP contribution in [-0.4, -0.2) is 36.8 Å². The molecule has 0 bridgehead atoms. The van der Waals surface area contributed by atoms with Gasteiger partial charge in [-0.2, -0.15) is 0 Å². The fourth-order valence-corrected chi connectivity index (χ4v) is 4.56. The van der Waals surface area contributed by atoms with E-state index < -0.39 is 0 Å². The molecule has 0 unspecified atom stereocenters. The van der Waals surface area contributed by atoms with E-state index in [0.29, 0.717) is 0 Å². The average Bonchev–Trinajstić information content (AvgIpc) is 2.94. The Hall–Kier alpha value is -1.23. The first kappa shape index (κ1) is 14.7. The van der Waals surface area contributed by atoms with Gasteiger partial charge in [-0.3, -0.25) is 0 Å². The maximum atomic E-state index is 6.20. The molecule has 21 heavy (non-hydrogen) atoms. The van der Waals surface area contributed by atoms with Crippen molar-refractivity contribution in [2.24, 2.45) is 0 Å². The minimum absolute atomic E-state index is 0.0278. The number of thioether (sulfide) groups is 1. The fraction of sp³-hybridized carbons (Fsp3) is 0.333. The minimum atomic E-state index is -0.346. The van der Waals surface area contributed by atoms with Crippen LogP contribution in [0.1, 0.15) is 18.3 Å². The van der Waals surface area contributed by atoms with Gasteiger partial charge in [0.25, 0.3) is 0 Å². The molecule has 1 aromatic heterocycles. The molecule has 0 amide bonds. The zero-order chi connectivity index (χ0) is 15.0. The van der Waals surface area contributed by atoms with Crippen molar-refractivity contribution in [2.45, 2.75) is 24.3 Å². The van der Waals surface area contributed by atoms with Gasteiger partial charge >= 0.3 is 134 Å². The summed E-state index contributed by atoms with van der Waals surface area (Å²) in [5.74, 6) is 2.52. The van der Waals surface area contributed by atoms with E-state index in [-0.39, 0.29) is 20.3 Å². The van der Waals surface area contributed by atoms with Crippen LogP contribution >= 0.6 is 11.8 Å². The van der Waals surface area contributed by atoms with Crippen LogP contribution in [0, 0.1) is 0 Å². The Morgan fingerprint density at radius 3 is 3.00 bits per heavy atom. The van der Waals surface area contributed by atoms with Gasteiger partial charge in [0.15, 0.2) is 0 Å². The second-order valence-corrected chi connectivity index (χ2v) is 7.81. The van der Waals surface area contributed by atoms with Gasteiger partial charge in [0, 0.05) is 0 Å². The molecule has 0 aliphatic carbocycles. The summed E-state index contributed by atoms with van der Waals surface area (Å²) in [4.78, 5) is 1.05. The van der Waals surface area contributed by atoms with Crippen LogP contribution in [0.15, 0.2) is 29.7 Å². The molecule has 0 N–H and O–H groups in total. The third kappa shape index (κ3) is 2.52. The standard InChI is InChI=1S/C15H16N2O2SSe/c1-5-6-20-12-8-10-9(7-11(12)18-4)13-14(21-17-16-13)15(2,3)19-10/h5,7-8H,1,6H2,2-4H3. The van der Waals surface area contributed by atoms with E-state index in [4.69, 9.17) is 9.47 Å². The van der Waals surface area contributed by atoms with Gasteiger partial charge in [-0.1, -0.05) is 0 Å². The summed E-state index contributed by atoms with van der Waals surface area (Å²) < 4.78 is 17.1. The Labute approximate surface area is 134 Å². The number of aromatic nitrogens is 2. The predicted molar refractivity (Wildman–Crippen MR) is 85.5 cm³/mol. The SMILES string of the molecule is C=CCSc1cc2c(cc1OC)-c1nn[se]c1C(C)(C)O2. The number of methoxy groups -OCH3 is 1. The summed E-state index contributed by atoms with van der Waals surface area (Å²) in [6.07, 6.45) is 1.88. The molecular formula is C15H16N2O2SSe. The molecule has 0 fully saturated rings. The van der Waals surface area contributed by atoms with E-state index in [1.54, 1.807) is 18.9 Å². The Morgan fingerprint density at radius 2 is 2.29 bits per heavy atom. The van der Waals surface area contributed by atoms with Crippen molar-refractivity contribution in [1.29, 1.82) is 0 Å². The maximum absolute atomic E-state index is 6.20. The number of fused-ring (bicyclic) bond motifs is 3. The van der Waals surface area contributed by atoms with Crippen LogP contribution < -0.4 is 9.47 Å².